The SMILES string of the molecule is C=CC(/C=C/C(O)=C(\C(=O)/C=C/C/C(C)=C/C=C(\C=C)OC)C(=O)/C=C/Cc1ccc(OC)cc1)=C\C=C(/CC)OC. The fourth-order valence-corrected chi connectivity index (χ4v) is 3.44. The summed E-state index contributed by atoms with van der Waals surface area (Å²) in [4.78, 5) is 26.3. The number of benzene rings is 1. The zero-order valence-electron chi connectivity index (χ0n) is 25.3. The molecule has 0 aliphatic heterocycles. The van der Waals surface area contributed by atoms with Crippen LogP contribution in [0.15, 0.2) is 144 Å². The summed E-state index contributed by atoms with van der Waals surface area (Å²) in [6.07, 6.45) is 20.8. The number of hydrogen-bond donors (Lipinski definition) is 1. The summed E-state index contributed by atoms with van der Waals surface area (Å²) in [5, 5.41) is 10.9. The van der Waals surface area contributed by atoms with Crippen molar-refractivity contribution in [1.82, 2.24) is 0 Å². The van der Waals surface area contributed by atoms with E-state index in [9.17, 15) is 14.7 Å². The minimum absolute atomic E-state index is 0.339. The van der Waals surface area contributed by atoms with Crippen LogP contribution < -0.4 is 4.74 Å². The third-order valence-corrected chi connectivity index (χ3v) is 5.95. The van der Waals surface area contributed by atoms with Gasteiger partial charge in [0.25, 0.3) is 0 Å². The van der Waals surface area contributed by atoms with Crippen molar-refractivity contribution < 1.29 is 28.9 Å². The molecule has 1 aromatic carbocycles. The van der Waals surface area contributed by atoms with Gasteiger partial charge in [-0.2, -0.15) is 0 Å². The molecule has 0 amide bonds. The number of ether oxygens (including phenoxy) is 3. The summed E-state index contributed by atoms with van der Waals surface area (Å²) in [5.41, 5.74) is 2.22. The maximum atomic E-state index is 13.1. The molecule has 0 aliphatic rings. The highest BCUT2D eigenvalue weighted by molar-refractivity contribution is 6.27. The summed E-state index contributed by atoms with van der Waals surface area (Å²) in [6, 6.07) is 7.44. The van der Waals surface area contributed by atoms with Crippen molar-refractivity contribution in [2.75, 3.05) is 21.3 Å². The van der Waals surface area contributed by atoms with Crippen LogP contribution >= 0.6 is 0 Å². The topological polar surface area (TPSA) is 82.1 Å². The molecule has 0 aliphatic carbocycles. The smallest absolute Gasteiger partial charge is 0.193 e. The van der Waals surface area contributed by atoms with Gasteiger partial charge in [-0.25, -0.2) is 0 Å². The number of allylic oxidation sites excluding steroid dienone is 16. The number of rotatable bonds is 18. The van der Waals surface area contributed by atoms with Gasteiger partial charge >= 0.3 is 0 Å². The number of aliphatic hydroxyl groups excluding tert-OH is 1. The first-order chi connectivity index (χ1) is 20.2. The van der Waals surface area contributed by atoms with Crippen LogP contribution in [0.4, 0.5) is 0 Å². The van der Waals surface area contributed by atoms with Crippen molar-refractivity contribution >= 4 is 11.6 Å². The van der Waals surface area contributed by atoms with Crippen molar-refractivity contribution in [2.45, 2.75) is 33.1 Å². The van der Waals surface area contributed by atoms with Crippen LogP contribution in [0.1, 0.15) is 32.3 Å². The third kappa shape index (κ3) is 13.0. The van der Waals surface area contributed by atoms with Gasteiger partial charge in [0.1, 0.15) is 22.8 Å². The lowest BCUT2D eigenvalue weighted by atomic mass is 10.0. The van der Waals surface area contributed by atoms with E-state index < -0.39 is 17.3 Å². The van der Waals surface area contributed by atoms with Gasteiger partial charge in [0, 0.05) is 6.42 Å². The quantitative estimate of drug-likeness (QED) is 0.0634. The largest absolute Gasteiger partial charge is 0.507 e. The van der Waals surface area contributed by atoms with Crippen LogP contribution in [0.2, 0.25) is 0 Å². The number of hydrogen-bond acceptors (Lipinski definition) is 6. The first-order valence-corrected chi connectivity index (χ1v) is 13.5. The molecule has 0 saturated carbocycles. The summed E-state index contributed by atoms with van der Waals surface area (Å²) in [6.45, 7) is 11.3. The Morgan fingerprint density at radius 2 is 1.50 bits per heavy atom. The number of aliphatic hydroxyl groups is 1. The molecule has 1 rings (SSSR count). The van der Waals surface area contributed by atoms with Crippen LogP contribution in [0, 0.1) is 0 Å². The third-order valence-electron chi connectivity index (χ3n) is 5.95. The van der Waals surface area contributed by atoms with Gasteiger partial charge in [-0.15, -0.1) is 0 Å². The van der Waals surface area contributed by atoms with Gasteiger partial charge in [-0.1, -0.05) is 74.2 Å². The summed E-state index contributed by atoms with van der Waals surface area (Å²) < 4.78 is 15.6. The van der Waals surface area contributed by atoms with Gasteiger partial charge in [0.15, 0.2) is 11.6 Å². The van der Waals surface area contributed by atoms with E-state index in [2.05, 4.69) is 13.2 Å². The molecule has 0 atom stereocenters. The second-order valence-corrected chi connectivity index (χ2v) is 8.93. The van der Waals surface area contributed by atoms with E-state index in [1.165, 1.54) is 18.2 Å². The fourth-order valence-electron chi connectivity index (χ4n) is 3.44. The molecule has 0 spiro atoms. The van der Waals surface area contributed by atoms with Crippen molar-refractivity contribution in [2.24, 2.45) is 0 Å². The Morgan fingerprint density at radius 3 is 2.05 bits per heavy atom. The van der Waals surface area contributed by atoms with Crippen LogP contribution in [0.5, 0.6) is 5.75 Å². The van der Waals surface area contributed by atoms with E-state index in [0.29, 0.717) is 30.6 Å². The van der Waals surface area contributed by atoms with E-state index in [0.717, 1.165) is 22.6 Å². The Bertz CT molecular complexity index is 1320. The molecule has 0 unspecified atom stereocenters. The lowest BCUT2D eigenvalue weighted by Crippen LogP contribution is -2.12. The monoisotopic (exact) mass is 570 g/mol. The minimum atomic E-state index is -0.611. The van der Waals surface area contributed by atoms with Crippen molar-refractivity contribution in [3.63, 3.8) is 0 Å². The van der Waals surface area contributed by atoms with E-state index in [4.69, 9.17) is 14.2 Å². The predicted molar refractivity (Wildman–Crippen MR) is 171 cm³/mol. The summed E-state index contributed by atoms with van der Waals surface area (Å²) in [5.74, 6) is 0.440. The molecule has 1 N–H and O–H groups in total. The molecule has 0 fully saturated rings. The Morgan fingerprint density at radius 1 is 0.833 bits per heavy atom. The Kier molecular flexibility index (Phi) is 16.8. The Labute approximate surface area is 250 Å². The molecule has 6 heteroatoms. The second-order valence-electron chi connectivity index (χ2n) is 8.93. The van der Waals surface area contributed by atoms with Crippen molar-refractivity contribution in [1.29, 1.82) is 0 Å². The van der Waals surface area contributed by atoms with E-state index in [1.54, 1.807) is 69.9 Å². The molecule has 42 heavy (non-hydrogen) atoms. The molecule has 0 heterocycles. The Balaban J connectivity index is 3.30. The molecule has 0 aromatic heterocycles. The number of carbonyl (C=O) groups is 2. The molecule has 0 bridgehead atoms. The lowest BCUT2D eigenvalue weighted by molar-refractivity contribution is -0.117. The molecule has 6 nitrogen and oxygen atoms in total. The summed E-state index contributed by atoms with van der Waals surface area (Å²) >= 11 is 0. The average molecular weight is 571 g/mol. The maximum absolute atomic E-state index is 13.1. The lowest BCUT2D eigenvalue weighted by Gasteiger charge is -2.04. The van der Waals surface area contributed by atoms with Crippen LogP contribution in [-0.2, 0) is 25.5 Å². The van der Waals surface area contributed by atoms with Crippen LogP contribution in [0.25, 0.3) is 0 Å². The van der Waals surface area contributed by atoms with E-state index in [1.807, 2.05) is 44.2 Å². The summed E-state index contributed by atoms with van der Waals surface area (Å²) in [7, 11) is 4.74. The second kappa shape index (κ2) is 20.1. The zero-order chi connectivity index (χ0) is 31.3. The highest BCUT2D eigenvalue weighted by atomic mass is 16.5. The fraction of sp³-hybridized carbons (Fsp3) is 0.222. The number of methoxy groups -OCH3 is 3. The molecule has 222 valence electrons. The van der Waals surface area contributed by atoms with Crippen LogP contribution in [-0.4, -0.2) is 38.0 Å². The van der Waals surface area contributed by atoms with Gasteiger partial charge in [0.2, 0.25) is 0 Å². The molecule has 0 radical (unpaired) electrons. The number of carbonyl (C=O) groups excluding carboxylic acids is 2. The van der Waals surface area contributed by atoms with Crippen molar-refractivity contribution in [3.8, 4) is 5.75 Å². The normalized spacial score (nSPS) is 13.8. The highest BCUT2D eigenvalue weighted by Gasteiger charge is 2.18. The first-order valence-electron chi connectivity index (χ1n) is 13.5. The van der Waals surface area contributed by atoms with Gasteiger partial charge in [0.05, 0.1) is 27.1 Å². The van der Waals surface area contributed by atoms with E-state index >= 15 is 0 Å². The van der Waals surface area contributed by atoms with Crippen LogP contribution in [0.3, 0.4) is 0 Å². The van der Waals surface area contributed by atoms with Gasteiger partial charge in [-0.05, 0) is 79.5 Å². The van der Waals surface area contributed by atoms with Gasteiger partial charge < -0.3 is 19.3 Å². The average Bonchev–Trinajstić information content (AvgIpc) is 3.00. The first kappa shape index (κ1) is 35.2. The Hall–Kier alpha value is -4.84. The van der Waals surface area contributed by atoms with Crippen molar-refractivity contribution in [3.05, 3.63) is 150 Å². The molecular weight excluding hydrogens is 528 g/mol. The molecule has 1 aromatic rings. The minimum Gasteiger partial charge on any atom is -0.507 e. The van der Waals surface area contributed by atoms with E-state index in [-0.39, 0.29) is 5.57 Å². The maximum Gasteiger partial charge on any atom is 0.193 e. The zero-order valence-corrected chi connectivity index (χ0v) is 25.3. The molecular formula is C36H42O6. The highest BCUT2D eigenvalue weighted by Crippen LogP contribution is 2.15. The standard InChI is InChI=1S/C36H42O6/c1-8-28(18-23-31(10-3)41-6)21-26-35(39)36(33(37)15-11-13-27(4)17-22-30(9-2)40-5)34(38)16-12-14-29-19-24-32(42-7)25-20-29/h8-9,11-12,15-26,39H,1-2,10,13-14H2,3-7H3/b15-11+,16-12+,26-21+,27-17+,28-18+,30-22+,31-23+,36-35-. The predicted octanol–water partition coefficient (Wildman–Crippen LogP) is 7.96. The number of ketones is 2. The molecule has 0 saturated heterocycles. The van der Waals surface area contributed by atoms with Gasteiger partial charge in [-0.3, -0.25) is 9.59 Å².